The summed E-state index contributed by atoms with van der Waals surface area (Å²) in [6.45, 7) is 1.61. The Hall–Kier alpha value is -3.20. The molecule has 0 saturated carbocycles. The predicted octanol–water partition coefficient (Wildman–Crippen LogP) is 1.64. The fourth-order valence-corrected chi connectivity index (χ4v) is 3.63. The summed E-state index contributed by atoms with van der Waals surface area (Å²) in [7, 11) is -3.90. The third kappa shape index (κ3) is 3.42. The molecule has 0 atom stereocenters. The van der Waals surface area contributed by atoms with Crippen LogP contribution in [0.3, 0.4) is 0 Å². The summed E-state index contributed by atoms with van der Waals surface area (Å²) in [4.78, 5) is 12.3. The third-order valence-corrected chi connectivity index (χ3v) is 5.45. The number of anilines is 2. The van der Waals surface area contributed by atoms with Crippen molar-refractivity contribution in [2.45, 2.75) is 23.4 Å². The van der Waals surface area contributed by atoms with Crippen molar-refractivity contribution in [3.63, 3.8) is 0 Å². The van der Waals surface area contributed by atoms with E-state index in [2.05, 4.69) is 15.6 Å². The van der Waals surface area contributed by atoms with E-state index in [4.69, 9.17) is 5.73 Å². The third-order valence-electron chi connectivity index (χ3n) is 3.76. The van der Waals surface area contributed by atoms with Crippen LogP contribution in [0.4, 0.5) is 11.5 Å². The molecule has 3 rings (SSSR count). The number of para-hydroxylation sites is 1. The van der Waals surface area contributed by atoms with Crippen LogP contribution >= 0.6 is 0 Å². The van der Waals surface area contributed by atoms with Crippen LogP contribution in [0.5, 0.6) is 0 Å². The van der Waals surface area contributed by atoms with Crippen LogP contribution in [0.1, 0.15) is 5.56 Å². The van der Waals surface area contributed by atoms with Crippen LogP contribution in [-0.4, -0.2) is 29.3 Å². The van der Waals surface area contributed by atoms with E-state index in [0.29, 0.717) is 5.69 Å². The van der Waals surface area contributed by atoms with Crippen molar-refractivity contribution in [3.8, 4) is 0 Å². The lowest BCUT2D eigenvalue weighted by molar-refractivity contribution is -0.116. The maximum Gasteiger partial charge on any atom is 0.246 e. The molecule has 26 heavy (non-hydrogen) atoms. The van der Waals surface area contributed by atoms with Gasteiger partial charge in [-0.15, -0.1) is 5.10 Å². The maximum absolute atomic E-state index is 12.6. The SMILES string of the molecule is Cc1ccccc1NC(=O)Cn1nnc(S(=O)(=O)c2ccccc2)c1N. The number of nitrogens with zero attached hydrogens (tertiary/aromatic N) is 3. The molecule has 0 spiro atoms. The van der Waals surface area contributed by atoms with Crippen LogP contribution in [0.15, 0.2) is 64.5 Å². The highest BCUT2D eigenvalue weighted by Gasteiger charge is 2.26. The first kappa shape index (κ1) is 17.6. The first-order chi connectivity index (χ1) is 12.4. The van der Waals surface area contributed by atoms with Crippen LogP contribution in [-0.2, 0) is 21.2 Å². The van der Waals surface area contributed by atoms with Crippen LogP contribution in [0.25, 0.3) is 0 Å². The van der Waals surface area contributed by atoms with Crippen molar-refractivity contribution in [1.29, 1.82) is 0 Å². The maximum atomic E-state index is 12.6. The van der Waals surface area contributed by atoms with Gasteiger partial charge in [0.2, 0.25) is 20.8 Å². The van der Waals surface area contributed by atoms with Crippen molar-refractivity contribution in [3.05, 3.63) is 60.2 Å². The van der Waals surface area contributed by atoms with Crippen molar-refractivity contribution in [2.24, 2.45) is 0 Å². The van der Waals surface area contributed by atoms with Crippen molar-refractivity contribution in [2.75, 3.05) is 11.1 Å². The molecule has 3 aromatic rings. The fraction of sp³-hybridized carbons (Fsp3) is 0.118. The lowest BCUT2D eigenvalue weighted by Gasteiger charge is -2.08. The summed E-state index contributed by atoms with van der Waals surface area (Å²) in [5.41, 5.74) is 7.44. The van der Waals surface area contributed by atoms with Gasteiger partial charge in [-0.1, -0.05) is 41.6 Å². The minimum Gasteiger partial charge on any atom is -0.381 e. The number of hydrogen-bond acceptors (Lipinski definition) is 6. The van der Waals surface area contributed by atoms with Gasteiger partial charge in [-0.3, -0.25) is 4.79 Å². The molecule has 1 heterocycles. The molecule has 1 aromatic heterocycles. The zero-order valence-electron chi connectivity index (χ0n) is 14.0. The first-order valence-electron chi connectivity index (χ1n) is 7.74. The molecule has 0 aliphatic rings. The van der Waals surface area contributed by atoms with Gasteiger partial charge in [0.15, 0.2) is 5.82 Å². The number of rotatable bonds is 5. The van der Waals surface area contributed by atoms with Crippen molar-refractivity contribution in [1.82, 2.24) is 15.0 Å². The van der Waals surface area contributed by atoms with Crippen molar-refractivity contribution < 1.29 is 13.2 Å². The molecule has 1 amide bonds. The molecule has 0 aliphatic heterocycles. The normalized spacial score (nSPS) is 11.3. The number of sulfone groups is 1. The number of aryl methyl sites for hydroxylation is 1. The second-order valence-corrected chi connectivity index (χ2v) is 7.48. The Kier molecular flexibility index (Phi) is 4.72. The van der Waals surface area contributed by atoms with Gasteiger partial charge in [-0.2, -0.15) is 0 Å². The lowest BCUT2D eigenvalue weighted by atomic mass is 10.2. The van der Waals surface area contributed by atoms with Gasteiger partial charge in [0.1, 0.15) is 6.54 Å². The van der Waals surface area contributed by atoms with Gasteiger partial charge in [0.05, 0.1) is 4.90 Å². The highest BCUT2D eigenvalue weighted by molar-refractivity contribution is 7.91. The van der Waals surface area contributed by atoms with E-state index < -0.39 is 9.84 Å². The van der Waals surface area contributed by atoms with E-state index in [1.54, 1.807) is 30.3 Å². The molecule has 9 heteroatoms. The zero-order chi connectivity index (χ0) is 18.7. The molecule has 0 aliphatic carbocycles. The number of nitrogens with two attached hydrogens (primary N) is 1. The Morgan fingerprint density at radius 3 is 2.46 bits per heavy atom. The Morgan fingerprint density at radius 2 is 1.77 bits per heavy atom. The Bertz CT molecular complexity index is 1050. The molecular formula is C17H17N5O3S. The highest BCUT2D eigenvalue weighted by Crippen LogP contribution is 2.23. The number of carbonyl (C=O) groups is 1. The molecule has 134 valence electrons. The summed E-state index contributed by atoms with van der Waals surface area (Å²) in [6.07, 6.45) is 0. The Morgan fingerprint density at radius 1 is 1.12 bits per heavy atom. The zero-order valence-corrected chi connectivity index (χ0v) is 14.8. The van der Waals surface area contributed by atoms with Gasteiger partial charge >= 0.3 is 0 Å². The molecule has 0 unspecified atom stereocenters. The Labute approximate surface area is 150 Å². The molecular weight excluding hydrogens is 354 g/mol. The number of nitrogen functional groups attached to an aromatic ring is 1. The molecule has 3 N–H and O–H groups in total. The number of nitrogens with one attached hydrogen (secondary N) is 1. The summed E-state index contributed by atoms with van der Waals surface area (Å²) in [5, 5.41) is 9.74. The average Bonchev–Trinajstić information content (AvgIpc) is 2.99. The largest absolute Gasteiger partial charge is 0.381 e. The second-order valence-electron chi connectivity index (χ2n) is 5.62. The monoisotopic (exact) mass is 371 g/mol. The topological polar surface area (TPSA) is 120 Å². The van der Waals surface area contributed by atoms with Gasteiger partial charge in [0, 0.05) is 5.69 Å². The van der Waals surface area contributed by atoms with E-state index in [-0.39, 0.29) is 28.2 Å². The molecule has 0 saturated heterocycles. The van der Waals surface area contributed by atoms with E-state index in [0.717, 1.165) is 10.2 Å². The predicted molar refractivity (Wildman–Crippen MR) is 96.1 cm³/mol. The van der Waals surface area contributed by atoms with Crippen molar-refractivity contribution >= 4 is 27.2 Å². The lowest BCUT2D eigenvalue weighted by Crippen LogP contribution is -2.21. The summed E-state index contributed by atoms with van der Waals surface area (Å²) in [6, 6.07) is 15.1. The van der Waals surface area contributed by atoms with Gasteiger partial charge in [-0.05, 0) is 30.7 Å². The second kappa shape index (κ2) is 6.96. The quantitative estimate of drug-likeness (QED) is 0.703. The number of benzene rings is 2. The molecule has 0 fully saturated rings. The summed E-state index contributed by atoms with van der Waals surface area (Å²) < 4.78 is 26.2. The number of amides is 1. The molecule has 8 nitrogen and oxygen atoms in total. The summed E-state index contributed by atoms with van der Waals surface area (Å²) in [5.74, 6) is -0.576. The van der Waals surface area contributed by atoms with Gasteiger partial charge < -0.3 is 11.1 Å². The van der Waals surface area contributed by atoms with Crippen LogP contribution in [0.2, 0.25) is 0 Å². The van der Waals surface area contributed by atoms with E-state index >= 15 is 0 Å². The average molecular weight is 371 g/mol. The van der Waals surface area contributed by atoms with E-state index in [9.17, 15) is 13.2 Å². The molecule has 0 radical (unpaired) electrons. The van der Waals surface area contributed by atoms with E-state index in [1.165, 1.54) is 12.1 Å². The number of hydrogen-bond donors (Lipinski definition) is 2. The minimum atomic E-state index is -3.90. The summed E-state index contributed by atoms with van der Waals surface area (Å²) >= 11 is 0. The minimum absolute atomic E-state index is 0.0584. The molecule has 0 bridgehead atoms. The highest BCUT2D eigenvalue weighted by atomic mass is 32.2. The van der Waals surface area contributed by atoms with E-state index in [1.807, 2.05) is 19.1 Å². The number of aromatic nitrogens is 3. The standard InChI is InChI=1S/C17H17N5O3S/c1-12-7-5-6-10-14(12)19-15(23)11-22-16(18)17(20-21-22)26(24,25)13-8-3-2-4-9-13/h2-10H,11,18H2,1H3,(H,19,23). The van der Waals surface area contributed by atoms with Crippen LogP contribution < -0.4 is 11.1 Å². The smallest absolute Gasteiger partial charge is 0.246 e. The Balaban J connectivity index is 1.81. The first-order valence-corrected chi connectivity index (χ1v) is 9.22. The fourth-order valence-electron chi connectivity index (χ4n) is 2.36. The van der Waals surface area contributed by atoms with Gasteiger partial charge in [-0.25, -0.2) is 13.1 Å². The van der Waals surface area contributed by atoms with Crippen LogP contribution in [0, 0.1) is 6.92 Å². The molecule has 2 aromatic carbocycles. The number of carbonyl (C=O) groups excluding carboxylic acids is 1. The van der Waals surface area contributed by atoms with Gasteiger partial charge in [0.25, 0.3) is 0 Å².